The minimum Gasteiger partial charge on any atom is -0.619 e. The maximum atomic E-state index is 13.5. The van der Waals surface area contributed by atoms with Gasteiger partial charge in [-0.25, -0.2) is 9.07 Å². The van der Waals surface area contributed by atoms with Crippen molar-refractivity contribution in [1.29, 1.82) is 0 Å². The monoisotopic (exact) mass is 323 g/mol. The van der Waals surface area contributed by atoms with Gasteiger partial charge in [-0.05, 0) is 24.3 Å². The Morgan fingerprint density at radius 3 is 2.61 bits per heavy atom. The predicted octanol–water partition coefficient (Wildman–Crippen LogP) is 3.33. The fourth-order valence-electron chi connectivity index (χ4n) is 2.15. The van der Waals surface area contributed by atoms with Gasteiger partial charge in [0.25, 0.3) is 0 Å². The van der Waals surface area contributed by atoms with Gasteiger partial charge < -0.3 is 5.21 Å². The number of nitrogens with zero attached hydrogens (tertiary/aromatic N) is 3. The minimum atomic E-state index is -4.52. The zero-order valence-corrected chi connectivity index (χ0v) is 11.5. The van der Waals surface area contributed by atoms with Crippen LogP contribution in [0.5, 0.6) is 0 Å². The third-order valence-electron chi connectivity index (χ3n) is 3.20. The molecule has 3 aromatic rings. The van der Waals surface area contributed by atoms with Crippen LogP contribution in [0, 0.1) is 11.0 Å². The fourth-order valence-corrected chi connectivity index (χ4v) is 2.15. The Morgan fingerprint density at radius 1 is 1.17 bits per heavy atom. The molecule has 23 heavy (non-hydrogen) atoms. The van der Waals surface area contributed by atoms with E-state index in [0.29, 0.717) is 16.5 Å². The molecule has 0 N–H and O–H groups in total. The van der Waals surface area contributed by atoms with E-state index in [4.69, 9.17) is 0 Å². The van der Waals surface area contributed by atoms with Crippen molar-refractivity contribution in [3.8, 4) is 16.8 Å². The van der Waals surface area contributed by atoms with E-state index in [1.165, 1.54) is 24.5 Å². The van der Waals surface area contributed by atoms with Gasteiger partial charge in [0, 0.05) is 23.4 Å². The zero-order valence-electron chi connectivity index (χ0n) is 11.5. The first-order chi connectivity index (χ1) is 10.8. The summed E-state index contributed by atoms with van der Waals surface area (Å²) in [5, 5.41) is 15.1. The highest BCUT2D eigenvalue weighted by Gasteiger charge is 2.32. The average molecular weight is 323 g/mol. The number of hydrogen-bond acceptors (Lipinski definition) is 2. The molecule has 0 radical (unpaired) electrons. The zero-order chi connectivity index (χ0) is 16.6. The topological polar surface area (TPSA) is 44.8 Å². The molecule has 0 fully saturated rings. The van der Waals surface area contributed by atoms with Crippen LogP contribution in [-0.4, -0.2) is 9.78 Å². The molecule has 0 spiro atoms. The quantitative estimate of drug-likeness (QED) is 0.412. The van der Waals surface area contributed by atoms with E-state index >= 15 is 0 Å². The van der Waals surface area contributed by atoms with E-state index < -0.39 is 17.6 Å². The van der Waals surface area contributed by atoms with Gasteiger partial charge in [-0.2, -0.15) is 23.0 Å². The lowest BCUT2D eigenvalue weighted by atomic mass is 10.1. The summed E-state index contributed by atoms with van der Waals surface area (Å²) in [6.07, 6.45) is -0.579. The molecule has 2 aromatic heterocycles. The van der Waals surface area contributed by atoms with Crippen molar-refractivity contribution >= 4 is 0 Å². The first-order valence-electron chi connectivity index (χ1n) is 6.45. The Hall–Kier alpha value is -2.90. The van der Waals surface area contributed by atoms with E-state index in [2.05, 4.69) is 5.10 Å². The molecule has 0 aliphatic carbocycles. The van der Waals surface area contributed by atoms with Gasteiger partial charge in [-0.15, -0.1) is 0 Å². The van der Waals surface area contributed by atoms with Gasteiger partial charge in [-0.3, -0.25) is 0 Å². The summed E-state index contributed by atoms with van der Waals surface area (Å²) >= 11 is 0. The number of hydrogen-bond donors (Lipinski definition) is 0. The largest absolute Gasteiger partial charge is 0.619 e. The average Bonchev–Trinajstić information content (AvgIpc) is 2.97. The smallest absolute Gasteiger partial charge is 0.419 e. The van der Waals surface area contributed by atoms with Crippen molar-refractivity contribution in [2.45, 2.75) is 6.18 Å². The van der Waals surface area contributed by atoms with Crippen LogP contribution in [0.25, 0.3) is 16.8 Å². The summed E-state index contributed by atoms with van der Waals surface area (Å²) in [4.78, 5) is 0. The lowest BCUT2D eigenvalue weighted by molar-refractivity contribution is -0.604. The van der Waals surface area contributed by atoms with Crippen molar-refractivity contribution in [2.24, 2.45) is 0 Å². The number of alkyl halides is 3. The highest BCUT2D eigenvalue weighted by Crippen LogP contribution is 2.31. The third kappa shape index (κ3) is 3.01. The number of benzene rings is 1. The predicted molar refractivity (Wildman–Crippen MR) is 72.9 cm³/mol. The van der Waals surface area contributed by atoms with E-state index in [-0.39, 0.29) is 11.3 Å². The molecule has 2 heterocycles. The summed E-state index contributed by atoms with van der Waals surface area (Å²) in [6, 6.07) is 6.57. The summed E-state index contributed by atoms with van der Waals surface area (Å²) in [5.74, 6) is -0.576. The second-order valence-electron chi connectivity index (χ2n) is 4.79. The molecule has 0 saturated heterocycles. The van der Waals surface area contributed by atoms with Gasteiger partial charge in [0.05, 0.1) is 17.4 Å². The number of pyridine rings is 1. The molecule has 118 valence electrons. The summed E-state index contributed by atoms with van der Waals surface area (Å²) in [6.45, 7) is 0. The van der Waals surface area contributed by atoms with Crippen molar-refractivity contribution in [2.75, 3.05) is 0 Å². The Kier molecular flexibility index (Phi) is 3.51. The van der Waals surface area contributed by atoms with Crippen LogP contribution in [0.15, 0.2) is 55.1 Å². The molecule has 0 aliphatic heterocycles. The fraction of sp³-hybridized carbons (Fsp3) is 0.0667. The van der Waals surface area contributed by atoms with Crippen LogP contribution in [-0.2, 0) is 6.18 Å². The second-order valence-corrected chi connectivity index (χ2v) is 4.79. The highest BCUT2D eigenvalue weighted by molar-refractivity contribution is 5.71. The maximum Gasteiger partial charge on any atom is 0.419 e. The van der Waals surface area contributed by atoms with Crippen LogP contribution in [0.3, 0.4) is 0 Å². The molecule has 0 bridgehead atoms. The molecular weight excluding hydrogens is 314 g/mol. The Bertz CT molecular complexity index is 858. The SMILES string of the molecule is [O-][n+]1cccc(-c2cc(F)ccc2-n2cc(C(F)(F)F)cn2)c1. The van der Waals surface area contributed by atoms with Gasteiger partial charge in [-0.1, -0.05) is 0 Å². The van der Waals surface area contributed by atoms with E-state index in [1.54, 1.807) is 6.07 Å². The molecular formula is C15H9F4N3O. The maximum absolute atomic E-state index is 13.5. The molecule has 0 atom stereocenters. The van der Waals surface area contributed by atoms with Crippen molar-refractivity contribution in [3.05, 3.63) is 71.7 Å². The standard InChI is InChI=1S/C15H9F4N3O/c16-12-3-4-14(22-9-11(7-20-22)15(17,18)19)13(6-12)10-2-1-5-21(23)8-10/h1-9H. The minimum absolute atomic E-state index is 0.230. The van der Waals surface area contributed by atoms with Crippen molar-refractivity contribution in [1.82, 2.24) is 9.78 Å². The summed E-state index contributed by atoms with van der Waals surface area (Å²) in [7, 11) is 0. The van der Waals surface area contributed by atoms with Gasteiger partial charge >= 0.3 is 6.18 Å². The van der Waals surface area contributed by atoms with Crippen molar-refractivity contribution < 1.29 is 22.3 Å². The molecule has 1 aromatic carbocycles. The molecule has 3 rings (SSSR count). The lowest BCUT2D eigenvalue weighted by Crippen LogP contribution is -2.24. The highest BCUT2D eigenvalue weighted by atomic mass is 19.4. The Morgan fingerprint density at radius 2 is 1.96 bits per heavy atom. The Labute approximate surface area is 127 Å². The molecule has 0 amide bonds. The molecule has 0 aliphatic rings. The van der Waals surface area contributed by atoms with Crippen LogP contribution in [0.1, 0.15) is 5.56 Å². The van der Waals surface area contributed by atoms with Gasteiger partial charge in [0.1, 0.15) is 5.82 Å². The first kappa shape index (κ1) is 15.0. The molecule has 4 nitrogen and oxygen atoms in total. The second kappa shape index (κ2) is 5.38. The molecule has 0 unspecified atom stereocenters. The summed E-state index contributed by atoms with van der Waals surface area (Å²) < 4.78 is 53.2. The van der Waals surface area contributed by atoms with E-state index in [0.717, 1.165) is 23.0 Å². The van der Waals surface area contributed by atoms with Gasteiger partial charge in [0.15, 0.2) is 12.4 Å². The molecule has 8 heteroatoms. The summed E-state index contributed by atoms with van der Waals surface area (Å²) in [5.41, 5.74) is -0.0686. The van der Waals surface area contributed by atoms with Crippen LogP contribution in [0.2, 0.25) is 0 Å². The van der Waals surface area contributed by atoms with E-state index in [9.17, 15) is 22.8 Å². The van der Waals surface area contributed by atoms with Crippen molar-refractivity contribution in [3.63, 3.8) is 0 Å². The Balaban J connectivity index is 2.15. The number of rotatable bonds is 2. The molecule has 0 saturated carbocycles. The normalized spacial score (nSPS) is 11.7. The van der Waals surface area contributed by atoms with Crippen LogP contribution >= 0.6 is 0 Å². The number of halogens is 4. The van der Waals surface area contributed by atoms with Gasteiger partial charge in [0.2, 0.25) is 0 Å². The van der Waals surface area contributed by atoms with Crippen LogP contribution in [0.4, 0.5) is 17.6 Å². The first-order valence-corrected chi connectivity index (χ1v) is 6.45. The van der Waals surface area contributed by atoms with E-state index in [1.807, 2.05) is 0 Å². The third-order valence-corrected chi connectivity index (χ3v) is 3.20. The van der Waals surface area contributed by atoms with Crippen LogP contribution < -0.4 is 4.73 Å². The number of aromatic nitrogens is 3. The lowest BCUT2D eigenvalue weighted by Gasteiger charge is -2.10.